The molecule has 2 aromatic carbocycles. The van der Waals surface area contributed by atoms with Gasteiger partial charge in [0, 0.05) is 12.6 Å². The van der Waals surface area contributed by atoms with Crippen molar-refractivity contribution in [3.63, 3.8) is 0 Å². The summed E-state index contributed by atoms with van der Waals surface area (Å²) < 4.78 is 11.3. The molecule has 9 nitrogen and oxygen atoms in total. The zero-order valence-corrected chi connectivity index (χ0v) is 22.2. The van der Waals surface area contributed by atoms with Gasteiger partial charge in [-0.3, -0.25) is 14.2 Å². The molecule has 0 aliphatic heterocycles. The maximum absolute atomic E-state index is 13.9. The molecule has 0 saturated carbocycles. The van der Waals surface area contributed by atoms with Gasteiger partial charge in [0.25, 0.3) is 11.5 Å². The SMILES string of the molecule is C=C/C(CC)=C(\C=C/C)N(C(=O)c1ccccc1)c1nc(C(=O)OC)c(OC(=O)c2ccccc2)c(=O)n1C. The summed E-state index contributed by atoms with van der Waals surface area (Å²) in [5.41, 5.74) is 0.140. The molecule has 3 rings (SSSR count). The monoisotopic (exact) mass is 527 g/mol. The summed E-state index contributed by atoms with van der Waals surface area (Å²) in [6.45, 7) is 7.54. The third kappa shape index (κ3) is 6.10. The molecule has 3 aromatic rings. The number of esters is 2. The number of hydrogen-bond donors (Lipinski definition) is 0. The normalized spacial score (nSPS) is 11.5. The lowest BCUT2D eigenvalue weighted by molar-refractivity contribution is 0.0583. The highest BCUT2D eigenvalue weighted by molar-refractivity contribution is 6.08. The van der Waals surface area contributed by atoms with E-state index in [4.69, 9.17) is 9.47 Å². The van der Waals surface area contributed by atoms with E-state index < -0.39 is 34.8 Å². The van der Waals surface area contributed by atoms with E-state index in [2.05, 4.69) is 11.6 Å². The predicted octanol–water partition coefficient (Wildman–Crippen LogP) is 4.86. The molecule has 1 heterocycles. The molecule has 0 aliphatic rings. The summed E-state index contributed by atoms with van der Waals surface area (Å²) in [6.07, 6.45) is 5.53. The first-order valence-corrected chi connectivity index (χ1v) is 12.1. The van der Waals surface area contributed by atoms with Crippen LogP contribution in [0.5, 0.6) is 5.75 Å². The van der Waals surface area contributed by atoms with Crippen molar-refractivity contribution in [1.29, 1.82) is 0 Å². The van der Waals surface area contributed by atoms with Gasteiger partial charge in [-0.25, -0.2) is 19.5 Å². The molecule has 0 radical (unpaired) electrons. The number of aromatic nitrogens is 2. The molecule has 0 saturated heterocycles. The van der Waals surface area contributed by atoms with Crippen molar-refractivity contribution in [2.75, 3.05) is 12.0 Å². The Hall–Kier alpha value is -5.05. The maximum atomic E-state index is 13.9. The number of allylic oxidation sites excluding steroid dienone is 4. The smallest absolute Gasteiger partial charge is 0.360 e. The van der Waals surface area contributed by atoms with Gasteiger partial charge >= 0.3 is 11.9 Å². The number of hydrogen-bond acceptors (Lipinski definition) is 7. The fourth-order valence-electron chi connectivity index (χ4n) is 3.75. The Bertz CT molecular complexity index is 1500. The van der Waals surface area contributed by atoms with Crippen molar-refractivity contribution in [1.82, 2.24) is 9.55 Å². The van der Waals surface area contributed by atoms with Crippen LogP contribution in [0.4, 0.5) is 5.95 Å². The molecule has 39 heavy (non-hydrogen) atoms. The molecule has 9 heteroatoms. The molecule has 0 spiro atoms. The standard InChI is InChI=1S/C30H29N3O6/c1-6-15-23(20(7-2)8-3)33(26(34)21-16-11-9-12-17-21)30-31-24(29(37)38-5)25(27(35)32(30)4)39-28(36)22-18-13-10-14-19-22/h6-7,9-19H,2,8H2,1,3-5H3/b15-6-,23-20-. The van der Waals surface area contributed by atoms with E-state index in [0.717, 1.165) is 11.7 Å². The largest absolute Gasteiger partial charge is 0.464 e. The lowest BCUT2D eigenvalue weighted by atomic mass is 10.1. The molecule has 0 N–H and O–H groups in total. The Morgan fingerprint density at radius 2 is 1.59 bits per heavy atom. The van der Waals surface area contributed by atoms with Crippen LogP contribution in [-0.4, -0.2) is 34.5 Å². The minimum Gasteiger partial charge on any atom is -0.464 e. The molecular formula is C30H29N3O6. The zero-order valence-electron chi connectivity index (χ0n) is 22.2. The van der Waals surface area contributed by atoms with Gasteiger partial charge in [-0.1, -0.05) is 62.1 Å². The number of benzene rings is 2. The molecule has 0 fully saturated rings. The molecule has 0 atom stereocenters. The maximum Gasteiger partial charge on any atom is 0.360 e. The van der Waals surface area contributed by atoms with Crippen LogP contribution in [0.2, 0.25) is 0 Å². The van der Waals surface area contributed by atoms with Crippen molar-refractivity contribution in [3.8, 4) is 5.75 Å². The number of methoxy groups -OCH3 is 1. The van der Waals surface area contributed by atoms with E-state index in [1.54, 1.807) is 73.7 Å². The highest BCUT2D eigenvalue weighted by Crippen LogP contribution is 2.27. The highest BCUT2D eigenvalue weighted by Gasteiger charge is 2.31. The third-order valence-corrected chi connectivity index (χ3v) is 5.75. The summed E-state index contributed by atoms with van der Waals surface area (Å²) >= 11 is 0. The van der Waals surface area contributed by atoms with Crippen LogP contribution in [-0.2, 0) is 11.8 Å². The number of carbonyl (C=O) groups excluding carboxylic acids is 3. The van der Waals surface area contributed by atoms with E-state index in [9.17, 15) is 19.2 Å². The van der Waals surface area contributed by atoms with Crippen molar-refractivity contribution >= 4 is 23.8 Å². The molecule has 0 bridgehead atoms. The van der Waals surface area contributed by atoms with Gasteiger partial charge in [-0.05, 0) is 49.3 Å². The van der Waals surface area contributed by atoms with E-state index in [-0.39, 0.29) is 11.5 Å². The van der Waals surface area contributed by atoms with Crippen LogP contribution in [0.15, 0.2) is 102 Å². The zero-order chi connectivity index (χ0) is 28.5. The van der Waals surface area contributed by atoms with Crippen LogP contribution in [0.1, 0.15) is 51.5 Å². The predicted molar refractivity (Wildman–Crippen MR) is 148 cm³/mol. The van der Waals surface area contributed by atoms with E-state index in [1.165, 1.54) is 24.1 Å². The van der Waals surface area contributed by atoms with Gasteiger partial charge in [0.05, 0.1) is 18.4 Å². The average Bonchev–Trinajstić information content (AvgIpc) is 2.97. The second-order valence-corrected chi connectivity index (χ2v) is 8.18. The Kier molecular flexibility index (Phi) is 9.48. The Morgan fingerprint density at radius 3 is 2.10 bits per heavy atom. The fraction of sp³-hybridized carbons (Fsp3) is 0.167. The fourth-order valence-corrected chi connectivity index (χ4v) is 3.75. The van der Waals surface area contributed by atoms with Crippen LogP contribution in [0.25, 0.3) is 0 Å². The summed E-state index contributed by atoms with van der Waals surface area (Å²) in [7, 11) is 2.47. The van der Waals surface area contributed by atoms with Gasteiger partial charge in [0.1, 0.15) is 0 Å². The topological polar surface area (TPSA) is 108 Å². The van der Waals surface area contributed by atoms with Gasteiger partial charge < -0.3 is 9.47 Å². The Morgan fingerprint density at radius 1 is 1.00 bits per heavy atom. The number of carbonyl (C=O) groups is 3. The second kappa shape index (κ2) is 13.0. The van der Waals surface area contributed by atoms with Crippen molar-refractivity contribution in [2.45, 2.75) is 20.3 Å². The molecular weight excluding hydrogens is 498 g/mol. The Balaban J connectivity index is 2.34. The minimum absolute atomic E-state index is 0.164. The van der Waals surface area contributed by atoms with Gasteiger partial charge in [-0.2, -0.15) is 0 Å². The number of ether oxygens (including phenoxy) is 2. The first kappa shape index (κ1) is 28.5. The molecule has 0 aliphatic carbocycles. The van der Waals surface area contributed by atoms with Crippen LogP contribution in [0, 0.1) is 0 Å². The third-order valence-electron chi connectivity index (χ3n) is 5.75. The second-order valence-electron chi connectivity index (χ2n) is 8.18. The molecule has 1 aromatic heterocycles. The average molecular weight is 528 g/mol. The Labute approximate surface area is 226 Å². The van der Waals surface area contributed by atoms with E-state index in [0.29, 0.717) is 23.3 Å². The van der Waals surface area contributed by atoms with E-state index in [1.807, 2.05) is 6.92 Å². The molecule has 0 unspecified atom stereocenters. The summed E-state index contributed by atoms with van der Waals surface area (Å²) in [5.74, 6) is -3.20. The van der Waals surface area contributed by atoms with Gasteiger partial charge in [-0.15, -0.1) is 0 Å². The van der Waals surface area contributed by atoms with Crippen LogP contribution < -0.4 is 15.2 Å². The molecule has 200 valence electrons. The quantitative estimate of drug-likeness (QED) is 0.289. The first-order valence-electron chi connectivity index (χ1n) is 12.1. The lowest BCUT2D eigenvalue weighted by Gasteiger charge is -2.27. The first-order chi connectivity index (χ1) is 18.8. The number of anilines is 1. The van der Waals surface area contributed by atoms with Gasteiger partial charge in [0.2, 0.25) is 17.4 Å². The van der Waals surface area contributed by atoms with Crippen molar-refractivity contribution in [2.24, 2.45) is 7.05 Å². The highest BCUT2D eigenvalue weighted by atomic mass is 16.5. The number of rotatable bonds is 9. The van der Waals surface area contributed by atoms with E-state index >= 15 is 0 Å². The number of nitrogens with zero attached hydrogens (tertiary/aromatic N) is 3. The summed E-state index contributed by atoms with van der Waals surface area (Å²) in [6, 6.07) is 16.4. The lowest BCUT2D eigenvalue weighted by Crippen LogP contribution is -2.38. The van der Waals surface area contributed by atoms with Crippen LogP contribution in [0.3, 0.4) is 0 Å². The van der Waals surface area contributed by atoms with Gasteiger partial charge in [0.15, 0.2) is 0 Å². The molecule has 1 amide bonds. The number of amides is 1. The summed E-state index contributed by atoms with van der Waals surface area (Å²) in [5, 5.41) is 0. The van der Waals surface area contributed by atoms with Crippen molar-refractivity contribution < 1.29 is 23.9 Å². The van der Waals surface area contributed by atoms with Crippen LogP contribution >= 0.6 is 0 Å². The summed E-state index contributed by atoms with van der Waals surface area (Å²) in [4.78, 5) is 58.7. The van der Waals surface area contributed by atoms with Crippen molar-refractivity contribution in [3.05, 3.63) is 124 Å². The minimum atomic E-state index is -1.02.